The minimum atomic E-state index is 0.798. The van der Waals surface area contributed by atoms with Crippen LogP contribution < -0.4 is 4.57 Å². The molecule has 0 saturated heterocycles. The van der Waals surface area contributed by atoms with Crippen molar-refractivity contribution in [1.82, 2.24) is 18.9 Å². The number of pyridine rings is 1. The van der Waals surface area contributed by atoms with E-state index in [0.29, 0.717) is 0 Å². The molecule has 0 radical (unpaired) electrons. The van der Waals surface area contributed by atoms with Gasteiger partial charge in [0.15, 0.2) is 5.52 Å². The number of para-hydroxylation sites is 1. The zero-order valence-corrected chi connectivity index (χ0v) is 13.4. The van der Waals surface area contributed by atoms with Crippen LogP contribution in [0.1, 0.15) is 5.69 Å². The molecular formula is C20H14N5+. The lowest BCUT2D eigenvalue weighted by molar-refractivity contribution is -0.646. The Morgan fingerprint density at radius 3 is 2.84 bits per heavy atom. The SMILES string of the molecule is c1ccc(-n2c3[n+](c4cn5ccncc5c42)Cc2ncccc2-3)cc1. The van der Waals surface area contributed by atoms with Crippen molar-refractivity contribution in [3.05, 3.63) is 79.1 Å². The quantitative estimate of drug-likeness (QED) is 0.436. The number of hydrogen-bond donors (Lipinski definition) is 0. The molecule has 5 nitrogen and oxygen atoms in total. The van der Waals surface area contributed by atoms with Crippen molar-refractivity contribution >= 4 is 16.6 Å². The number of benzene rings is 1. The third-order valence-corrected chi connectivity index (χ3v) is 4.97. The van der Waals surface area contributed by atoms with Gasteiger partial charge in [-0.25, -0.2) is 4.57 Å². The molecule has 4 aromatic heterocycles. The van der Waals surface area contributed by atoms with Gasteiger partial charge in [0, 0.05) is 18.6 Å². The molecule has 0 aliphatic carbocycles. The Bertz CT molecular complexity index is 1260. The predicted octanol–water partition coefficient (Wildman–Crippen LogP) is 2.99. The van der Waals surface area contributed by atoms with E-state index in [0.717, 1.165) is 23.4 Å². The lowest BCUT2D eigenvalue weighted by Gasteiger charge is -2.02. The van der Waals surface area contributed by atoms with Crippen molar-refractivity contribution in [1.29, 1.82) is 0 Å². The molecule has 0 unspecified atom stereocenters. The van der Waals surface area contributed by atoms with Gasteiger partial charge in [-0.15, -0.1) is 0 Å². The number of aromatic nitrogens is 5. The standard InChI is InChI=1S/C20H14N5/c1-2-5-14(6-3-1)25-19-17-11-21-9-10-23(17)13-18(19)24-12-16-15(20(24)25)7-4-8-22-16/h1-11,13H,12H2/q+1. The highest BCUT2D eigenvalue weighted by atomic mass is 15.2. The number of hydrogen-bond acceptors (Lipinski definition) is 2. The third-order valence-electron chi connectivity index (χ3n) is 4.97. The minimum absolute atomic E-state index is 0.798. The van der Waals surface area contributed by atoms with Gasteiger partial charge < -0.3 is 4.40 Å². The monoisotopic (exact) mass is 324 g/mol. The maximum Gasteiger partial charge on any atom is 0.297 e. The van der Waals surface area contributed by atoms with Crippen LogP contribution in [0.3, 0.4) is 0 Å². The van der Waals surface area contributed by atoms with Crippen molar-refractivity contribution in [2.24, 2.45) is 0 Å². The van der Waals surface area contributed by atoms with E-state index in [1.54, 1.807) is 0 Å². The molecule has 25 heavy (non-hydrogen) atoms. The highest BCUT2D eigenvalue weighted by molar-refractivity contribution is 5.94. The van der Waals surface area contributed by atoms with Crippen LogP contribution in [0.5, 0.6) is 0 Å². The van der Waals surface area contributed by atoms with Crippen LogP contribution in [0.2, 0.25) is 0 Å². The van der Waals surface area contributed by atoms with E-state index in [2.05, 4.69) is 60.0 Å². The summed E-state index contributed by atoms with van der Waals surface area (Å²) in [6, 6.07) is 14.7. The van der Waals surface area contributed by atoms with Gasteiger partial charge in [-0.3, -0.25) is 9.97 Å². The number of fused-ring (bicyclic) bond motifs is 7. The molecule has 5 aromatic rings. The second-order valence-corrected chi connectivity index (χ2v) is 6.31. The first-order valence-electron chi connectivity index (χ1n) is 8.30. The first-order valence-corrected chi connectivity index (χ1v) is 8.30. The fraction of sp³-hybridized carbons (Fsp3) is 0.0500. The van der Waals surface area contributed by atoms with Gasteiger partial charge in [0.1, 0.15) is 17.7 Å². The average Bonchev–Trinajstić information content (AvgIpc) is 3.30. The Morgan fingerprint density at radius 1 is 1.00 bits per heavy atom. The fourth-order valence-electron chi connectivity index (χ4n) is 3.93. The molecule has 1 aromatic carbocycles. The molecule has 118 valence electrons. The third kappa shape index (κ3) is 1.59. The molecule has 0 fully saturated rings. The van der Waals surface area contributed by atoms with Gasteiger partial charge in [0.25, 0.3) is 5.82 Å². The van der Waals surface area contributed by atoms with E-state index < -0.39 is 0 Å². The van der Waals surface area contributed by atoms with Crippen molar-refractivity contribution in [3.8, 4) is 17.1 Å². The van der Waals surface area contributed by atoms with Crippen molar-refractivity contribution in [2.75, 3.05) is 0 Å². The summed E-state index contributed by atoms with van der Waals surface area (Å²) in [5, 5.41) is 0. The van der Waals surface area contributed by atoms with Crippen LogP contribution in [-0.2, 0) is 6.54 Å². The summed E-state index contributed by atoms with van der Waals surface area (Å²) < 4.78 is 6.83. The van der Waals surface area contributed by atoms with E-state index in [-0.39, 0.29) is 0 Å². The van der Waals surface area contributed by atoms with E-state index >= 15 is 0 Å². The van der Waals surface area contributed by atoms with Crippen molar-refractivity contribution in [3.63, 3.8) is 0 Å². The maximum absolute atomic E-state index is 4.59. The summed E-state index contributed by atoms with van der Waals surface area (Å²) in [6.45, 7) is 0.798. The van der Waals surface area contributed by atoms with E-state index in [1.165, 1.54) is 22.4 Å². The van der Waals surface area contributed by atoms with E-state index in [9.17, 15) is 0 Å². The number of imidazole rings is 1. The molecular weight excluding hydrogens is 310 g/mol. The molecule has 5 heteroatoms. The summed E-state index contributed by atoms with van der Waals surface area (Å²) in [4.78, 5) is 8.93. The summed E-state index contributed by atoms with van der Waals surface area (Å²) in [6.07, 6.45) is 9.80. The van der Waals surface area contributed by atoms with Crippen LogP contribution >= 0.6 is 0 Å². The first-order chi connectivity index (χ1) is 12.4. The fourth-order valence-corrected chi connectivity index (χ4v) is 3.93. The Kier molecular flexibility index (Phi) is 2.34. The summed E-state index contributed by atoms with van der Waals surface area (Å²) >= 11 is 0. The smallest absolute Gasteiger partial charge is 0.297 e. The van der Waals surface area contributed by atoms with Crippen molar-refractivity contribution < 1.29 is 4.57 Å². The van der Waals surface area contributed by atoms with Gasteiger partial charge in [-0.2, -0.15) is 4.57 Å². The molecule has 0 saturated carbocycles. The molecule has 1 aliphatic rings. The van der Waals surface area contributed by atoms with Crippen LogP contribution in [0, 0.1) is 0 Å². The molecule has 0 bridgehead atoms. The predicted molar refractivity (Wildman–Crippen MR) is 94.6 cm³/mol. The zero-order valence-electron chi connectivity index (χ0n) is 13.4. The van der Waals surface area contributed by atoms with Crippen LogP contribution in [-0.4, -0.2) is 18.9 Å². The zero-order chi connectivity index (χ0) is 16.4. The number of rotatable bonds is 1. The highest BCUT2D eigenvalue weighted by Gasteiger charge is 2.37. The van der Waals surface area contributed by atoms with Gasteiger partial charge in [-0.1, -0.05) is 18.2 Å². The Labute approximate surface area is 143 Å². The number of nitrogens with zero attached hydrogens (tertiary/aromatic N) is 5. The topological polar surface area (TPSA) is 39.0 Å². The van der Waals surface area contributed by atoms with E-state index in [1.807, 2.05) is 36.9 Å². The lowest BCUT2D eigenvalue weighted by Crippen LogP contribution is -2.31. The van der Waals surface area contributed by atoms with Gasteiger partial charge in [0.05, 0.1) is 23.7 Å². The molecule has 5 heterocycles. The summed E-state index contributed by atoms with van der Waals surface area (Å²) in [7, 11) is 0. The summed E-state index contributed by atoms with van der Waals surface area (Å²) in [5.74, 6) is 1.19. The van der Waals surface area contributed by atoms with Gasteiger partial charge in [-0.05, 0) is 24.3 Å². The van der Waals surface area contributed by atoms with Gasteiger partial charge in [0.2, 0.25) is 5.52 Å². The molecule has 0 N–H and O–H groups in total. The Morgan fingerprint density at radius 2 is 1.92 bits per heavy atom. The van der Waals surface area contributed by atoms with Crippen LogP contribution in [0.15, 0.2) is 73.4 Å². The molecule has 0 amide bonds. The first kappa shape index (κ1) is 12.9. The van der Waals surface area contributed by atoms with Gasteiger partial charge >= 0.3 is 0 Å². The normalized spacial score (nSPS) is 12.6. The van der Waals surface area contributed by atoms with Crippen LogP contribution in [0.25, 0.3) is 33.6 Å². The molecule has 0 atom stereocenters. The molecule has 0 spiro atoms. The largest absolute Gasteiger partial charge is 0.313 e. The lowest BCUT2D eigenvalue weighted by atomic mass is 10.2. The second-order valence-electron chi connectivity index (χ2n) is 6.31. The minimum Gasteiger partial charge on any atom is -0.313 e. The Hall–Kier alpha value is -3.47. The second kappa shape index (κ2) is 4.54. The van der Waals surface area contributed by atoms with Crippen molar-refractivity contribution in [2.45, 2.75) is 6.54 Å². The Balaban J connectivity index is 1.84. The highest BCUT2D eigenvalue weighted by Crippen LogP contribution is 2.34. The summed E-state index contributed by atoms with van der Waals surface area (Å²) in [5.41, 5.74) is 6.96. The molecule has 6 rings (SSSR count). The maximum atomic E-state index is 4.59. The molecule has 1 aliphatic heterocycles. The van der Waals surface area contributed by atoms with E-state index in [4.69, 9.17) is 0 Å². The van der Waals surface area contributed by atoms with Crippen LogP contribution in [0.4, 0.5) is 0 Å². The average molecular weight is 324 g/mol.